The number of fused-ring (bicyclic) bond motifs is 2. The molecule has 2 saturated heterocycles. The van der Waals surface area contributed by atoms with Crippen molar-refractivity contribution in [3.63, 3.8) is 0 Å². The van der Waals surface area contributed by atoms with E-state index in [4.69, 9.17) is 11.6 Å². The number of hydrogen-bond donors (Lipinski definition) is 1. The molecular formula is C14H21ClN4. The molecule has 2 bridgehead atoms. The minimum Gasteiger partial charge on any atom is -0.367 e. The third kappa shape index (κ3) is 2.70. The topological polar surface area (TPSA) is 41.1 Å². The van der Waals surface area contributed by atoms with Crippen molar-refractivity contribution in [3.05, 3.63) is 17.0 Å². The van der Waals surface area contributed by atoms with Gasteiger partial charge in [-0.1, -0.05) is 6.42 Å². The molecule has 1 N–H and O–H groups in total. The highest BCUT2D eigenvalue weighted by Gasteiger charge is 2.36. The summed E-state index contributed by atoms with van der Waals surface area (Å²) >= 11 is 5.88. The molecule has 0 aromatic carbocycles. The van der Waals surface area contributed by atoms with E-state index in [1.54, 1.807) is 6.20 Å². The molecule has 0 amide bonds. The lowest BCUT2D eigenvalue weighted by atomic mass is 9.82. The van der Waals surface area contributed by atoms with E-state index in [0.29, 0.717) is 11.3 Å². The Morgan fingerprint density at radius 2 is 2.00 bits per heavy atom. The smallest absolute Gasteiger partial charge is 0.224 e. The first-order valence-electron chi connectivity index (χ1n) is 7.11. The Bertz CT molecular complexity index is 451. The lowest BCUT2D eigenvalue weighted by Crippen LogP contribution is -2.52. The van der Waals surface area contributed by atoms with Gasteiger partial charge in [-0.3, -0.25) is 0 Å². The summed E-state index contributed by atoms with van der Waals surface area (Å²) in [5.74, 6) is 0.896. The quantitative estimate of drug-likeness (QED) is 0.846. The summed E-state index contributed by atoms with van der Waals surface area (Å²) in [6.07, 6.45) is 8.23. The molecule has 104 valence electrons. The molecule has 0 spiro atoms. The Morgan fingerprint density at radius 1 is 1.32 bits per heavy atom. The lowest BCUT2D eigenvalue weighted by molar-refractivity contribution is 0.0608. The maximum Gasteiger partial charge on any atom is 0.224 e. The fraction of sp³-hybridized carbons (Fsp3) is 0.714. The second-order valence-corrected chi connectivity index (χ2v) is 6.23. The van der Waals surface area contributed by atoms with Crippen LogP contribution in [0.4, 0.5) is 5.82 Å². The summed E-state index contributed by atoms with van der Waals surface area (Å²) in [4.78, 5) is 10.9. The van der Waals surface area contributed by atoms with Gasteiger partial charge in [0.1, 0.15) is 5.82 Å². The maximum atomic E-state index is 5.88. The van der Waals surface area contributed by atoms with Crippen LogP contribution in [0.5, 0.6) is 0 Å². The molecule has 19 heavy (non-hydrogen) atoms. The molecule has 2 unspecified atom stereocenters. The number of aryl methyl sites for hydroxylation is 1. The van der Waals surface area contributed by atoms with Crippen LogP contribution in [0.3, 0.4) is 0 Å². The molecule has 1 aromatic rings. The molecule has 0 saturated carbocycles. The summed E-state index contributed by atoms with van der Waals surface area (Å²) in [6.45, 7) is 2.02. The van der Waals surface area contributed by atoms with Crippen LogP contribution in [-0.2, 0) is 0 Å². The van der Waals surface area contributed by atoms with Gasteiger partial charge in [-0.2, -0.15) is 0 Å². The van der Waals surface area contributed by atoms with Gasteiger partial charge >= 0.3 is 0 Å². The zero-order valence-electron chi connectivity index (χ0n) is 11.6. The molecule has 2 aliphatic heterocycles. The highest BCUT2D eigenvalue weighted by molar-refractivity contribution is 6.28. The number of nitrogens with one attached hydrogen (secondary N) is 1. The van der Waals surface area contributed by atoms with E-state index in [-0.39, 0.29) is 0 Å². The van der Waals surface area contributed by atoms with Crippen LogP contribution in [0.15, 0.2) is 6.20 Å². The van der Waals surface area contributed by atoms with Gasteiger partial charge in [0.25, 0.3) is 0 Å². The van der Waals surface area contributed by atoms with E-state index in [2.05, 4.69) is 27.2 Å². The van der Waals surface area contributed by atoms with Crippen molar-refractivity contribution in [2.24, 2.45) is 0 Å². The SMILES string of the molecule is Cc1cnc(Cl)nc1NC1CC2CCCC(C1)N2C. The van der Waals surface area contributed by atoms with E-state index >= 15 is 0 Å². The van der Waals surface area contributed by atoms with Crippen molar-refractivity contribution in [2.45, 2.75) is 57.2 Å². The number of halogens is 1. The standard InChI is InChI=1S/C14H21ClN4/c1-9-8-16-14(15)18-13(9)17-10-6-11-4-3-5-12(7-10)19(11)2/h8,10-12H,3-7H2,1-2H3,(H,16,17,18). The molecule has 2 fully saturated rings. The van der Waals surface area contributed by atoms with Crippen molar-refractivity contribution in [2.75, 3.05) is 12.4 Å². The molecule has 2 aliphatic rings. The fourth-order valence-corrected chi connectivity index (χ4v) is 3.63. The highest BCUT2D eigenvalue weighted by atomic mass is 35.5. The largest absolute Gasteiger partial charge is 0.367 e. The van der Waals surface area contributed by atoms with E-state index in [9.17, 15) is 0 Å². The average molecular weight is 281 g/mol. The third-order valence-corrected chi connectivity index (χ3v) is 4.81. The van der Waals surface area contributed by atoms with Crippen molar-refractivity contribution in [1.82, 2.24) is 14.9 Å². The Morgan fingerprint density at radius 3 is 2.68 bits per heavy atom. The van der Waals surface area contributed by atoms with E-state index in [0.717, 1.165) is 23.5 Å². The van der Waals surface area contributed by atoms with E-state index in [1.807, 2.05) is 6.92 Å². The van der Waals surface area contributed by atoms with Gasteiger partial charge in [0.2, 0.25) is 5.28 Å². The minimum atomic E-state index is 0.321. The summed E-state index contributed by atoms with van der Waals surface area (Å²) in [5.41, 5.74) is 1.06. The molecule has 3 rings (SSSR count). The van der Waals surface area contributed by atoms with Gasteiger partial charge in [-0.15, -0.1) is 0 Å². The Kier molecular flexibility index (Phi) is 3.63. The van der Waals surface area contributed by atoms with Crippen LogP contribution in [0.1, 0.15) is 37.7 Å². The number of nitrogens with zero attached hydrogens (tertiary/aromatic N) is 3. The molecule has 5 heteroatoms. The van der Waals surface area contributed by atoms with Crippen molar-refractivity contribution in [1.29, 1.82) is 0 Å². The molecule has 4 nitrogen and oxygen atoms in total. The van der Waals surface area contributed by atoms with Crippen molar-refractivity contribution >= 4 is 17.4 Å². The predicted octanol–water partition coefficient (Wildman–Crippen LogP) is 2.87. The van der Waals surface area contributed by atoms with E-state index in [1.165, 1.54) is 32.1 Å². The minimum absolute atomic E-state index is 0.321. The summed E-state index contributed by atoms with van der Waals surface area (Å²) in [5, 5.41) is 3.90. The first-order valence-corrected chi connectivity index (χ1v) is 7.49. The van der Waals surface area contributed by atoms with Crippen LogP contribution in [0.2, 0.25) is 5.28 Å². The highest BCUT2D eigenvalue weighted by Crippen LogP contribution is 2.34. The van der Waals surface area contributed by atoms with Gasteiger partial charge in [0.05, 0.1) is 0 Å². The normalized spacial score (nSPS) is 31.2. The molecule has 1 aromatic heterocycles. The predicted molar refractivity (Wildman–Crippen MR) is 77.6 cm³/mol. The molecule has 3 heterocycles. The average Bonchev–Trinajstić information content (AvgIpc) is 2.35. The lowest BCUT2D eigenvalue weighted by Gasteiger charge is -2.47. The molecule has 0 aliphatic carbocycles. The second kappa shape index (κ2) is 5.25. The maximum absolute atomic E-state index is 5.88. The first kappa shape index (κ1) is 13.1. The summed E-state index contributed by atoms with van der Waals surface area (Å²) in [6, 6.07) is 1.96. The van der Waals surface area contributed by atoms with E-state index < -0.39 is 0 Å². The summed E-state index contributed by atoms with van der Waals surface area (Å²) < 4.78 is 0. The second-order valence-electron chi connectivity index (χ2n) is 5.89. The number of piperidine rings is 2. The number of anilines is 1. The van der Waals surface area contributed by atoms with Crippen LogP contribution < -0.4 is 5.32 Å². The Balaban J connectivity index is 1.72. The zero-order chi connectivity index (χ0) is 13.4. The van der Waals surface area contributed by atoms with Crippen molar-refractivity contribution < 1.29 is 0 Å². The van der Waals surface area contributed by atoms with Gasteiger partial charge in [-0.25, -0.2) is 9.97 Å². The molecule has 0 radical (unpaired) electrons. The van der Waals surface area contributed by atoms with Crippen molar-refractivity contribution in [3.8, 4) is 0 Å². The van der Waals surface area contributed by atoms with Crippen LogP contribution in [0, 0.1) is 6.92 Å². The first-order chi connectivity index (χ1) is 9.13. The monoisotopic (exact) mass is 280 g/mol. The zero-order valence-corrected chi connectivity index (χ0v) is 12.3. The van der Waals surface area contributed by atoms with Gasteiger partial charge in [0.15, 0.2) is 0 Å². The van der Waals surface area contributed by atoms with Crippen LogP contribution in [-0.4, -0.2) is 40.0 Å². The van der Waals surface area contributed by atoms with Crippen LogP contribution in [0.25, 0.3) is 0 Å². The summed E-state index contributed by atoms with van der Waals surface area (Å²) in [7, 11) is 2.28. The van der Waals surface area contributed by atoms with Crippen LogP contribution >= 0.6 is 11.6 Å². The van der Waals surface area contributed by atoms with Gasteiger partial charge in [-0.05, 0) is 51.3 Å². The molecule has 2 atom stereocenters. The number of hydrogen-bond acceptors (Lipinski definition) is 4. The number of rotatable bonds is 2. The van der Waals surface area contributed by atoms with Gasteiger partial charge in [0, 0.05) is 29.9 Å². The van der Waals surface area contributed by atoms with Gasteiger partial charge < -0.3 is 10.2 Å². The fourth-order valence-electron chi connectivity index (χ4n) is 3.49. The number of aromatic nitrogens is 2. The Labute approximate surface area is 119 Å². The third-order valence-electron chi connectivity index (χ3n) is 4.62. The molecular weight excluding hydrogens is 260 g/mol. The Hall–Kier alpha value is -0.870.